The number of carbonyl (C=O) groups is 1. The molecule has 0 bridgehead atoms. The lowest BCUT2D eigenvalue weighted by molar-refractivity contribution is 0.0895. The number of piperidine rings is 1. The molecule has 1 N–H and O–H groups in total. The fourth-order valence-corrected chi connectivity index (χ4v) is 1.96. The van der Waals surface area contributed by atoms with Crippen LogP contribution >= 0.6 is 0 Å². The molecule has 1 saturated heterocycles. The van der Waals surface area contributed by atoms with Crippen LogP contribution in [0.25, 0.3) is 0 Å². The van der Waals surface area contributed by atoms with E-state index in [2.05, 4.69) is 5.32 Å². The van der Waals surface area contributed by atoms with Crippen molar-refractivity contribution in [1.82, 2.24) is 5.32 Å². The molecule has 0 saturated carbocycles. The quantitative estimate of drug-likeness (QED) is 0.751. The van der Waals surface area contributed by atoms with E-state index in [0.717, 1.165) is 19.4 Å². The predicted molar refractivity (Wildman–Crippen MR) is 56.3 cm³/mol. The van der Waals surface area contributed by atoms with E-state index in [1.165, 1.54) is 6.07 Å². The fourth-order valence-electron chi connectivity index (χ4n) is 1.96. The van der Waals surface area contributed by atoms with Crippen molar-refractivity contribution in [2.75, 3.05) is 13.1 Å². The standard InChI is InChI=1S/C12H14FNO/c13-11-6-2-1-5-10(11)12(15)9-4-3-7-14-8-9/h1-2,5-6,9,14H,3-4,7-8H2. The smallest absolute Gasteiger partial charge is 0.170 e. The van der Waals surface area contributed by atoms with Crippen LogP contribution in [0.5, 0.6) is 0 Å². The van der Waals surface area contributed by atoms with Crippen molar-refractivity contribution in [2.24, 2.45) is 5.92 Å². The summed E-state index contributed by atoms with van der Waals surface area (Å²) < 4.78 is 13.4. The van der Waals surface area contributed by atoms with Crippen LogP contribution in [0, 0.1) is 11.7 Å². The van der Waals surface area contributed by atoms with Crippen LogP contribution in [0.3, 0.4) is 0 Å². The van der Waals surface area contributed by atoms with Crippen LogP contribution in [0.4, 0.5) is 4.39 Å². The Balaban J connectivity index is 2.16. The van der Waals surface area contributed by atoms with Gasteiger partial charge in [0.25, 0.3) is 0 Å². The molecule has 1 heterocycles. The van der Waals surface area contributed by atoms with Gasteiger partial charge in [0.1, 0.15) is 5.82 Å². The molecule has 1 unspecified atom stereocenters. The van der Waals surface area contributed by atoms with Gasteiger partial charge in [-0.05, 0) is 31.5 Å². The minimum absolute atomic E-state index is 0.0596. The highest BCUT2D eigenvalue weighted by atomic mass is 19.1. The minimum atomic E-state index is -0.409. The van der Waals surface area contributed by atoms with E-state index in [0.29, 0.717) is 6.54 Å². The molecule has 1 aromatic rings. The number of nitrogens with one attached hydrogen (secondary N) is 1. The average molecular weight is 207 g/mol. The van der Waals surface area contributed by atoms with Gasteiger partial charge in [0, 0.05) is 12.5 Å². The molecule has 1 fully saturated rings. The van der Waals surface area contributed by atoms with Crippen LogP contribution < -0.4 is 5.32 Å². The molecule has 3 heteroatoms. The summed E-state index contributed by atoms with van der Waals surface area (Å²) in [5, 5.41) is 3.16. The maximum absolute atomic E-state index is 13.4. The molecule has 15 heavy (non-hydrogen) atoms. The molecule has 2 nitrogen and oxygen atoms in total. The van der Waals surface area contributed by atoms with Gasteiger partial charge in [0.15, 0.2) is 5.78 Å². The van der Waals surface area contributed by atoms with Gasteiger partial charge in [0.2, 0.25) is 0 Å². The molecule has 1 aliphatic heterocycles. The van der Waals surface area contributed by atoms with Crippen molar-refractivity contribution in [1.29, 1.82) is 0 Å². The average Bonchev–Trinajstić information content (AvgIpc) is 2.30. The first-order valence-corrected chi connectivity index (χ1v) is 5.28. The van der Waals surface area contributed by atoms with E-state index in [-0.39, 0.29) is 17.3 Å². The Hall–Kier alpha value is -1.22. The van der Waals surface area contributed by atoms with E-state index in [1.54, 1.807) is 18.2 Å². The SMILES string of the molecule is O=C(c1ccccc1F)C1CCCNC1. The second kappa shape index (κ2) is 4.53. The van der Waals surface area contributed by atoms with Crippen molar-refractivity contribution < 1.29 is 9.18 Å². The van der Waals surface area contributed by atoms with Crippen molar-refractivity contribution in [3.05, 3.63) is 35.6 Å². The molecule has 1 aliphatic rings. The summed E-state index contributed by atoms with van der Waals surface area (Å²) in [6, 6.07) is 6.20. The van der Waals surface area contributed by atoms with Gasteiger partial charge in [-0.1, -0.05) is 12.1 Å². The van der Waals surface area contributed by atoms with Gasteiger partial charge >= 0.3 is 0 Å². The number of halogens is 1. The number of hydrogen-bond donors (Lipinski definition) is 1. The Morgan fingerprint density at radius 3 is 2.87 bits per heavy atom. The largest absolute Gasteiger partial charge is 0.316 e. The third-order valence-electron chi connectivity index (χ3n) is 2.81. The minimum Gasteiger partial charge on any atom is -0.316 e. The molecule has 80 valence electrons. The normalized spacial score (nSPS) is 21.3. The maximum atomic E-state index is 13.4. The molecule has 0 aliphatic carbocycles. The first-order valence-electron chi connectivity index (χ1n) is 5.28. The zero-order chi connectivity index (χ0) is 10.7. The third kappa shape index (κ3) is 2.23. The van der Waals surface area contributed by atoms with Gasteiger partial charge in [-0.15, -0.1) is 0 Å². The number of Topliss-reactive ketones (excluding diaryl/α,β-unsaturated/α-hetero) is 1. The number of hydrogen-bond acceptors (Lipinski definition) is 2. The van der Waals surface area contributed by atoms with Crippen LogP contribution in [-0.4, -0.2) is 18.9 Å². The van der Waals surface area contributed by atoms with Crippen molar-refractivity contribution >= 4 is 5.78 Å². The highest BCUT2D eigenvalue weighted by Crippen LogP contribution is 2.18. The monoisotopic (exact) mass is 207 g/mol. The fraction of sp³-hybridized carbons (Fsp3) is 0.417. The molecule has 0 aromatic heterocycles. The van der Waals surface area contributed by atoms with Crippen LogP contribution in [0.15, 0.2) is 24.3 Å². The van der Waals surface area contributed by atoms with Crippen LogP contribution in [-0.2, 0) is 0 Å². The van der Waals surface area contributed by atoms with Crippen molar-refractivity contribution in [3.8, 4) is 0 Å². The highest BCUT2D eigenvalue weighted by molar-refractivity contribution is 5.98. The first kappa shape index (κ1) is 10.3. The van der Waals surface area contributed by atoms with Crippen LogP contribution in [0.1, 0.15) is 23.2 Å². The van der Waals surface area contributed by atoms with Gasteiger partial charge in [-0.25, -0.2) is 4.39 Å². The molecule has 0 spiro atoms. The van der Waals surface area contributed by atoms with Gasteiger partial charge < -0.3 is 5.32 Å². The molecular weight excluding hydrogens is 193 g/mol. The lowest BCUT2D eigenvalue weighted by Gasteiger charge is -2.21. The summed E-state index contributed by atoms with van der Waals surface area (Å²) in [7, 11) is 0. The Morgan fingerprint density at radius 2 is 2.20 bits per heavy atom. The lowest BCUT2D eigenvalue weighted by Crippen LogP contribution is -2.34. The van der Waals surface area contributed by atoms with Gasteiger partial charge in [0.05, 0.1) is 5.56 Å². The van der Waals surface area contributed by atoms with E-state index >= 15 is 0 Å². The van der Waals surface area contributed by atoms with E-state index in [1.807, 2.05) is 0 Å². The number of carbonyl (C=O) groups excluding carboxylic acids is 1. The molecule has 0 radical (unpaired) electrons. The van der Waals surface area contributed by atoms with Crippen molar-refractivity contribution in [3.63, 3.8) is 0 Å². The topological polar surface area (TPSA) is 29.1 Å². The molecule has 1 atom stereocenters. The summed E-state index contributed by atoms with van der Waals surface area (Å²) in [6.07, 6.45) is 1.85. The van der Waals surface area contributed by atoms with Crippen LogP contribution in [0.2, 0.25) is 0 Å². The second-order valence-electron chi connectivity index (χ2n) is 3.89. The zero-order valence-electron chi connectivity index (χ0n) is 8.50. The second-order valence-corrected chi connectivity index (χ2v) is 3.89. The Kier molecular flexibility index (Phi) is 3.11. The number of benzene rings is 1. The summed E-state index contributed by atoms with van der Waals surface area (Å²) in [5.74, 6) is -0.538. The molecule has 2 rings (SSSR count). The highest BCUT2D eigenvalue weighted by Gasteiger charge is 2.23. The van der Waals surface area contributed by atoms with Crippen molar-refractivity contribution in [2.45, 2.75) is 12.8 Å². The predicted octanol–water partition coefficient (Wildman–Crippen LogP) is 2.01. The maximum Gasteiger partial charge on any atom is 0.170 e. The Bertz CT molecular complexity index is 358. The van der Waals surface area contributed by atoms with E-state index in [9.17, 15) is 9.18 Å². The van der Waals surface area contributed by atoms with Gasteiger partial charge in [-0.3, -0.25) is 4.79 Å². The number of rotatable bonds is 2. The Morgan fingerprint density at radius 1 is 1.40 bits per heavy atom. The number of ketones is 1. The lowest BCUT2D eigenvalue weighted by atomic mass is 9.91. The first-order chi connectivity index (χ1) is 7.29. The molecule has 0 amide bonds. The molecule has 1 aromatic carbocycles. The summed E-state index contributed by atoms with van der Waals surface area (Å²) in [6.45, 7) is 1.63. The van der Waals surface area contributed by atoms with Gasteiger partial charge in [-0.2, -0.15) is 0 Å². The summed E-state index contributed by atoms with van der Waals surface area (Å²) in [4.78, 5) is 11.9. The Labute approximate surface area is 88.5 Å². The zero-order valence-corrected chi connectivity index (χ0v) is 8.50. The third-order valence-corrected chi connectivity index (χ3v) is 2.81. The summed E-state index contributed by atoms with van der Waals surface area (Å²) >= 11 is 0. The van der Waals surface area contributed by atoms with E-state index < -0.39 is 5.82 Å². The molecular formula is C12H14FNO. The summed E-state index contributed by atoms with van der Waals surface area (Å²) in [5.41, 5.74) is 0.228. The van der Waals surface area contributed by atoms with E-state index in [4.69, 9.17) is 0 Å².